The molecule has 3 rings (SSSR count). The first-order chi connectivity index (χ1) is 9.71. The Kier molecular flexibility index (Phi) is 3.44. The lowest BCUT2D eigenvalue weighted by Crippen LogP contribution is -2.43. The van der Waals surface area contributed by atoms with Crippen molar-refractivity contribution >= 4 is 0 Å². The summed E-state index contributed by atoms with van der Waals surface area (Å²) in [6, 6.07) is 0. The van der Waals surface area contributed by atoms with Crippen LogP contribution in [-0.4, -0.2) is 10.7 Å². The Balaban J connectivity index is 1.98. The minimum Gasteiger partial charge on any atom is -0.389 e. The summed E-state index contributed by atoms with van der Waals surface area (Å²) < 4.78 is 0. The topological polar surface area (TPSA) is 20.2 Å². The summed E-state index contributed by atoms with van der Waals surface area (Å²) in [5.74, 6) is 1.49. The van der Waals surface area contributed by atoms with Gasteiger partial charge < -0.3 is 5.11 Å². The van der Waals surface area contributed by atoms with Crippen LogP contribution in [0.25, 0.3) is 0 Å². The van der Waals surface area contributed by atoms with E-state index in [0.717, 1.165) is 6.42 Å². The van der Waals surface area contributed by atoms with E-state index in [2.05, 4.69) is 52.8 Å². The fraction of sp³-hybridized carbons (Fsp3) is 0.800. The fourth-order valence-electron chi connectivity index (χ4n) is 5.72. The molecule has 0 aromatic heterocycles. The third-order valence-electron chi connectivity index (χ3n) is 7.36. The summed E-state index contributed by atoms with van der Waals surface area (Å²) in [5.41, 5.74) is 1.70. The lowest BCUT2D eigenvalue weighted by molar-refractivity contribution is -0.0645. The normalized spacial score (nSPS) is 49.6. The van der Waals surface area contributed by atoms with Gasteiger partial charge in [-0.2, -0.15) is 0 Å². The highest BCUT2D eigenvalue weighted by Gasteiger charge is 2.58. The number of aliphatic hydroxyl groups is 1. The molecule has 0 heterocycles. The maximum atomic E-state index is 11.3. The van der Waals surface area contributed by atoms with Crippen molar-refractivity contribution in [2.45, 2.75) is 72.3 Å². The molecule has 0 aromatic rings. The van der Waals surface area contributed by atoms with Gasteiger partial charge in [-0.3, -0.25) is 0 Å². The van der Waals surface area contributed by atoms with Crippen LogP contribution in [0.3, 0.4) is 0 Å². The van der Waals surface area contributed by atoms with E-state index in [1.54, 1.807) is 5.57 Å². The second-order valence-electron chi connectivity index (χ2n) is 8.92. The Bertz CT molecular complexity index is 488. The van der Waals surface area contributed by atoms with E-state index in [9.17, 15) is 5.11 Å². The highest BCUT2D eigenvalue weighted by Crippen LogP contribution is 2.62. The molecular weight excluding hydrogens is 256 g/mol. The van der Waals surface area contributed by atoms with Crippen molar-refractivity contribution in [1.82, 2.24) is 0 Å². The lowest BCUT2D eigenvalue weighted by atomic mass is 9.64. The van der Waals surface area contributed by atoms with Gasteiger partial charge in [0, 0.05) is 0 Å². The van der Waals surface area contributed by atoms with Gasteiger partial charge in [-0.15, -0.1) is 0 Å². The van der Waals surface area contributed by atoms with Crippen LogP contribution in [0.1, 0.15) is 66.7 Å². The smallest absolute Gasteiger partial charge is 0.0703 e. The maximum absolute atomic E-state index is 11.3. The molecule has 0 bridgehead atoms. The molecule has 1 heteroatoms. The van der Waals surface area contributed by atoms with Crippen LogP contribution in [0.15, 0.2) is 23.8 Å². The van der Waals surface area contributed by atoms with Crippen molar-refractivity contribution < 1.29 is 5.11 Å². The van der Waals surface area contributed by atoms with Gasteiger partial charge >= 0.3 is 0 Å². The van der Waals surface area contributed by atoms with E-state index in [0.29, 0.717) is 28.6 Å². The quantitative estimate of drug-likeness (QED) is 0.710. The van der Waals surface area contributed by atoms with E-state index in [-0.39, 0.29) is 0 Å². The number of hydrogen-bond acceptors (Lipinski definition) is 1. The molecule has 118 valence electrons. The van der Waals surface area contributed by atoms with Gasteiger partial charge in [-0.25, -0.2) is 0 Å². The number of allylic oxidation sites excluding steroid dienone is 4. The van der Waals surface area contributed by atoms with Crippen LogP contribution in [0.4, 0.5) is 0 Å². The molecule has 0 radical (unpaired) electrons. The van der Waals surface area contributed by atoms with Gasteiger partial charge in [0.1, 0.15) is 0 Å². The summed E-state index contributed by atoms with van der Waals surface area (Å²) in [7, 11) is 0. The molecule has 0 amide bonds. The third kappa shape index (κ3) is 2.15. The zero-order valence-electron chi connectivity index (χ0n) is 14.4. The predicted molar refractivity (Wildman–Crippen MR) is 89.0 cm³/mol. The van der Waals surface area contributed by atoms with E-state index < -0.39 is 5.60 Å². The summed E-state index contributed by atoms with van der Waals surface area (Å²) >= 11 is 0. The zero-order valence-corrected chi connectivity index (χ0v) is 14.4. The van der Waals surface area contributed by atoms with E-state index in [4.69, 9.17) is 0 Å². The summed E-state index contributed by atoms with van der Waals surface area (Å²) in [6.07, 6.45) is 12.8. The van der Waals surface area contributed by atoms with E-state index in [1.165, 1.54) is 25.7 Å². The monoisotopic (exact) mass is 288 g/mol. The molecule has 5 atom stereocenters. The van der Waals surface area contributed by atoms with Crippen molar-refractivity contribution in [2.24, 2.45) is 28.6 Å². The minimum absolute atomic E-state index is 0.296. The van der Waals surface area contributed by atoms with E-state index in [1.807, 2.05) is 0 Å². The van der Waals surface area contributed by atoms with Gasteiger partial charge in [0.2, 0.25) is 0 Å². The Hall–Kier alpha value is -0.560. The SMILES string of the molecule is CC1=CC=C[C@@]2(C)CC[C@@H]3[C@](C)(CC[C@@]3(O)C(C)C)C[C@H]12. The van der Waals surface area contributed by atoms with Crippen molar-refractivity contribution in [1.29, 1.82) is 0 Å². The van der Waals surface area contributed by atoms with Crippen LogP contribution in [-0.2, 0) is 0 Å². The Morgan fingerprint density at radius 2 is 1.90 bits per heavy atom. The minimum atomic E-state index is -0.445. The molecular formula is C20H32O. The number of rotatable bonds is 1. The molecule has 0 spiro atoms. The molecule has 1 N–H and O–H groups in total. The first-order valence-corrected chi connectivity index (χ1v) is 8.80. The molecule has 3 aliphatic carbocycles. The summed E-state index contributed by atoms with van der Waals surface area (Å²) in [4.78, 5) is 0. The van der Waals surface area contributed by atoms with Crippen molar-refractivity contribution in [3.05, 3.63) is 23.8 Å². The molecule has 3 aliphatic rings. The average molecular weight is 288 g/mol. The predicted octanol–water partition coefficient (Wildman–Crippen LogP) is 5.11. The van der Waals surface area contributed by atoms with E-state index >= 15 is 0 Å². The Labute approximate surface area is 130 Å². The highest BCUT2D eigenvalue weighted by molar-refractivity contribution is 5.27. The van der Waals surface area contributed by atoms with Crippen molar-refractivity contribution in [3.8, 4) is 0 Å². The molecule has 0 unspecified atom stereocenters. The fourth-order valence-corrected chi connectivity index (χ4v) is 5.72. The van der Waals surface area contributed by atoms with Crippen LogP contribution in [0.5, 0.6) is 0 Å². The van der Waals surface area contributed by atoms with Crippen LogP contribution < -0.4 is 0 Å². The summed E-state index contributed by atoms with van der Waals surface area (Å²) in [6.45, 7) is 11.6. The van der Waals surface area contributed by atoms with Crippen LogP contribution in [0, 0.1) is 28.6 Å². The summed E-state index contributed by atoms with van der Waals surface area (Å²) in [5, 5.41) is 11.3. The van der Waals surface area contributed by atoms with Crippen LogP contribution in [0.2, 0.25) is 0 Å². The molecule has 0 saturated heterocycles. The number of hydrogen-bond donors (Lipinski definition) is 1. The zero-order chi connectivity index (χ0) is 15.5. The lowest BCUT2D eigenvalue weighted by Gasteiger charge is -2.41. The molecule has 2 saturated carbocycles. The second-order valence-corrected chi connectivity index (χ2v) is 8.92. The largest absolute Gasteiger partial charge is 0.389 e. The van der Waals surface area contributed by atoms with Gasteiger partial charge in [0.15, 0.2) is 0 Å². The molecule has 2 fully saturated rings. The van der Waals surface area contributed by atoms with Gasteiger partial charge in [0.05, 0.1) is 5.60 Å². The van der Waals surface area contributed by atoms with Gasteiger partial charge in [-0.1, -0.05) is 51.5 Å². The standard InChI is InChI=1S/C20H32O/c1-14(2)20(21)12-11-19(5)13-16-15(3)7-6-9-18(16,4)10-8-17(19)20/h6-7,9,14,16-17,21H,8,10-13H2,1-5H3/t16-,17-,18+,19-,20-/m1/s1. The van der Waals surface area contributed by atoms with Gasteiger partial charge in [-0.05, 0) is 67.6 Å². The van der Waals surface area contributed by atoms with Crippen molar-refractivity contribution in [3.63, 3.8) is 0 Å². The van der Waals surface area contributed by atoms with Gasteiger partial charge in [0.25, 0.3) is 0 Å². The highest BCUT2D eigenvalue weighted by atomic mass is 16.3. The third-order valence-corrected chi connectivity index (χ3v) is 7.36. The first kappa shape index (κ1) is 15.3. The number of fused-ring (bicyclic) bond motifs is 2. The Morgan fingerprint density at radius 3 is 2.57 bits per heavy atom. The maximum Gasteiger partial charge on any atom is 0.0703 e. The second kappa shape index (κ2) is 4.72. The molecule has 0 aliphatic heterocycles. The average Bonchev–Trinajstić information content (AvgIpc) is 2.58. The van der Waals surface area contributed by atoms with Crippen LogP contribution >= 0.6 is 0 Å². The molecule has 0 aromatic carbocycles. The molecule has 21 heavy (non-hydrogen) atoms. The molecule has 1 nitrogen and oxygen atoms in total. The Morgan fingerprint density at radius 1 is 1.19 bits per heavy atom. The first-order valence-electron chi connectivity index (χ1n) is 8.80. The van der Waals surface area contributed by atoms with Crippen molar-refractivity contribution in [2.75, 3.05) is 0 Å².